The number of benzene rings is 1. The molecule has 0 aromatic heterocycles. The average Bonchev–Trinajstić information content (AvgIpc) is 2.56. The maximum absolute atomic E-state index is 10.4. The fourth-order valence-electron chi connectivity index (χ4n) is 6.78. The standard InChI is InChI=1S/C20H27NO3.3ClH/c21-10-17-14-1-2-16(22)19(23)15(14)6-18(24-17)20-7-11-3-12(8-20)5-13(4-11)9-20;;;/h1-2,11-13,17-18,22-23H,3-10,21H2;3*1H/t11?,12?,13?,17-,18?,20?;;;/m0.../s1. The first-order chi connectivity index (χ1) is 11.6. The van der Waals surface area contributed by atoms with Crippen LogP contribution in [0.2, 0.25) is 0 Å². The molecule has 6 rings (SSSR count). The van der Waals surface area contributed by atoms with Crippen molar-refractivity contribution in [3.05, 3.63) is 23.3 Å². The van der Waals surface area contributed by atoms with E-state index in [0.717, 1.165) is 28.9 Å². The summed E-state index contributed by atoms with van der Waals surface area (Å²) in [5.74, 6) is 2.61. The molecule has 1 unspecified atom stereocenters. The fourth-order valence-corrected chi connectivity index (χ4v) is 6.78. The van der Waals surface area contributed by atoms with E-state index in [2.05, 4.69) is 0 Å². The van der Waals surface area contributed by atoms with E-state index in [1.165, 1.54) is 38.5 Å². The molecule has 0 radical (unpaired) electrons. The van der Waals surface area contributed by atoms with Crippen molar-refractivity contribution < 1.29 is 14.9 Å². The van der Waals surface area contributed by atoms with Gasteiger partial charge in [0.15, 0.2) is 11.5 Å². The predicted octanol–water partition coefficient (Wildman–Crippen LogP) is 4.52. The Morgan fingerprint density at radius 1 is 0.963 bits per heavy atom. The number of rotatable bonds is 2. The second-order valence-electron chi connectivity index (χ2n) is 8.83. The second-order valence-corrected chi connectivity index (χ2v) is 8.83. The van der Waals surface area contributed by atoms with Crippen LogP contribution < -0.4 is 5.73 Å². The molecule has 154 valence electrons. The smallest absolute Gasteiger partial charge is 0.161 e. The Kier molecular flexibility index (Phi) is 6.92. The van der Waals surface area contributed by atoms with E-state index in [9.17, 15) is 10.2 Å². The molecule has 4 nitrogen and oxygen atoms in total. The number of fused-ring (bicyclic) bond motifs is 1. The maximum atomic E-state index is 10.4. The number of halogens is 3. The monoisotopic (exact) mass is 437 g/mol. The third-order valence-electron chi connectivity index (χ3n) is 7.35. The van der Waals surface area contributed by atoms with Crippen LogP contribution in [0.25, 0.3) is 0 Å². The lowest BCUT2D eigenvalue weighted by molar-refractivity contribution is -0.165. The molecule has 1 aliphatic heterocycles. The zero-order chi connectivity index (χ0) is 16.5. The van der Waals surface area contributed by atoms with Crippen molar-refractivity contribution in [2.75, 3.05) is 6.54 Å². The molecule has 0 spiro atoms. The minimum Gasteiger partial charge on any atom is -0.504 e. The van der Waals surface area contributed by atoms with Crippen LogP contribution in [0.4, 0.5) is 0 Å². The van der Waals surface area contributed by atoms with Crippen molar-refractivity contribution in [2.24, 2.45) is 28.9 Å². The number of phenolic OH excluding ortho intramolecular Hbond substituents is 2. The lowest BCUT2D eigenvalue weighted by Gasteiger charge is -2.60. The van der Waals surface area contributed by atoms with Gasteiger partial charge in [-0.05, 0) is 73.3 Å². The Labute approximate surface area is 179 Å². The average molecular weight is 439 g/mol. The first-order valence-electron chi connectivity index (χ1n) is 9.47. The molecule has 4 saturated carbocycles. The van der Waals surface area contributed by atoms with Crippen LogP contribution in [-0.2, 0) is 11.2 Å². The van der Waals surface area contributed by atoms with Gasteiger partial charge in [-0.15, -0.1) is 37.2 Å². The molecular weight excluding hydrogens is 409 g/mol. The number of aromatic hydroxyl groups is 2. The molecule has 2 atom stereocenters. The summed E-state index contributed by atoms with van der Waals surface area (Å²) in [5.41, 5.74) is 8.06. The zero-order valence-corrected chi connectivity index (χ0v) is 17.8. The van der Waals surface area contributed by atoms with E-state index in [0.29, 0.717) is 13.0 Å². The van der Waals surface area contributed by atoms with Gasteiger partial charge in [0.2, 0.25) is 0 Å². The summed E-state index contributed by atoms with van der Waals surface area (Å²) in [6.45, 7) is 0.417. The highest BCUT2D eigenvalue weighted by molar-refractivity contribution is 5.86. The molecule has 1 heterocycles. The molecule has 4 bridgehead atoms. The van der Waals surface area contributed by atoms with Crippen molar-refractivity contribution in [2.45, 2.75) is 57.2 Å². The first-order valence-corrected chi connectivity index (χ1v) is 9.47. The van der Waals surface area contributed by atoms with E-state index in [4.69, 9.17) is 10.5 Å². The van der Waals surface area contributed by atoms with Crippen LogP contribution in [0.15, 0.2) is 12.1 Å². The lowest BCUT2D eigenvalue weighted by atomic mass is 9.47. The van der Waals surface area contributed by atoms with Gasteiger partial charge in [-0.3, -0.25) is 0 Å². The Hall–Kier alpha value is -0.390. The van der Waals surface area contributed by atoms with Gasteiger partial charge < -0.3 is 20.7 Å². The number of nitrogens with two attached hydrogens (primary N) is 1. The third-order valence-corrected chi connectivity index (χ3v) is 7.35. The molecule has 4 fully saturated rings. The van der Waals surface area contributed by atoms with Crippen LogP contribution in [0.5, 0.6) is 11.5 Å². The Balaban J connectivity index is 0.000000871. The summed E-state index contributed by atoms with van der Waals surface area (Å²) in [7, 11) is 0. The van der Waals surface area contributed by atoms with E-state index >= 15 is 0 Å². The normalized spacial score (nSPS) is 38.2. The SMILES string of the molecule is Cl.Cl.Cl.NC[C@@H]1OC(C23CC4CC(CC(C4)C2)C3)Cc2c1ccc(O)c2O. The van der Waals surface area contributed by atoms with Crippen LogP contribution >= 0.6 is 37.2 Å². The summed E-state index contributed by atoms with van der Waals surface area (Å²) in [5, 5.41) is 20.3. The summed E-state index contributed by atoms with van der Waals surface area (Å²) in [6.07, 6.45) is 8.72. The highest BCUT2D eigenvalue weighted by Gasteiger charge is 2.55. The number of ether oxygens (including phenoxy) is 1. The Morgan fingerprint density at radius 3 is 2.04 bits per heavy atom. The minimum atomic E-state index is -0.168. The topological polar surface area (TPSA) is 75.7 Å². The van der Waals surface area contributed by atoms with E-state index in [1.54, 1.807) is 6.07 Å². The van der Waals surface area contributed by atoms with Gasteiger partial charge in [0.25, 0.3) is 0 Å². The summed E-state index contributed by atoms with van der Waals surface area (Å²) >= 11 is 0. The number of phenols is 2. The summed E-state index contributed by atoms with van der Waals surface area (Å²) < 4.78 is 6.52. The third kappa shape index (κ3) is 3.53. The second kappa shape index (κ2) is 8.16. The Morgan fingerprint density at radius 2 is 1.52 bits per heavy atom. The van der Waals surface area contributed by atoms with Crippen LogP contribution in [0.1, 0.15) is 55.8 Å². The molecule has 27 heavy (non-hydrogen) atoms. The summed E-state index contributed by atoms with van der Waals surface area (Å²) in [6, 6.07) is 3.41. The number of hydrogen-bond donors (Lipinski definition) is 3. The van der Waals surface area contributed by atoms with Crippen LogP contribution in [0.3, 0.4) is 0 Å². The van der Waals surface area contributed by atoms with Crippen LogP contribution in [-0.4, -0.2) is 22.9 Å². The van der Waals surface area contributed by atoms with Gasteiger partial charge in [-0.2, -0.15) is 0 Å². The lowest BCUT2D eigenvalue weighted by Crippen LogP contribution is -2.54. The molecule has 4 N–H and O–H groups in total. The maximum Gasteiger partial charge on any atom is 0.161 e. The van der Waals surface area contributed by atoms with Crippen molar-refractivity contribution in [3.63, 3.8) is 0 Å². The summed E-state index contributed by atoms with van der Waals surface area (Å²) in [4.78, 5) is 0. The molecular formula is C20H30Cl3NO3. The molecule has 1 aromatic carbocycles. The molecule has 0 saturated heterocycles. The van der Waals surface area contributed by atoms with Crippen molar-refractivity contribution >= 4 is 37.2 Å². The molecule has 4 aliphatic carbocycles. The highest BCUT2D eigenvalue weighted by atomic mass is 35.5. The largest absolute Gasteiger partial charge is 0.504 e. The fraction of sp³-hybridized carbons (Fsp3) is 0.700. The van der Waals surface area contributed by atoms with Crippen molar-refractivity contribution in [1.82, 2.24) is 0 Å². The van der Waals surface area contributed by atoms with Gasteiger partial charge in [0, 0.05) is 18.5 Å². The number of hydrogen-bond acceptors (Lipinski definition) is 4. The molecule has 0 amide bonds. The van der Waals surface area contributed by atoms with Gasteiger partial charge in [0.1, 0.15) is 0 Å². The van der Waals surface area contributed by atoms with Gasteiger partial charge in [-0.25, -0.2) is 0 Å². The molecule has 1 aromatic rings. The first kappa shape index (κ1) is 22.9. The van der Waals surface area contributed by atoms with Gasteiger partial charge in [-0.1, -0.05) is 6.07 Å². The minimum absolute atomic E-state index is 0. The van der Waals surface area contributed by atoms with Crippen molar-refractivity contribution in [3.8, 4) is 11.5 Å². The molecule has 7 heteroatoms. The molecule has 5 aliphatic rings. The highest BCUT2D eigenvalue weighted by Crippen LogP contribution is 2.63. The zero-order valence-electron chi connectivity index (χ0n) is 15.3. The predicted molar refractivity (Wildman–Crippen MR) is 112 cm³/mol. The van der Waals surface area contributed by atoms with E-state index < -0.39 is 0 Å². The van der Waals surface area contributed by atoms with E-state index in [1.807, 2.05) is 6.07 Å². The van der Waals surface area contributed by atoms with Crippen molar-refractivity contribution in [1.29, 1.82) is 0 Å². The Bertz CT molecular complexity index is 649. The van der Waals surface area contributed by atoms with E-state index in [-0.39, 0.29) is 66.3 Å². The van der Waals surface area contributed by atoms with Crippen LogP contribution in [0, 0.1) is 23.2 Å². The van der Waals surface area contributed by atoms with Gasteiger partial charge in [0.05, 0.1) is 12.2 Å². The van der Waals surface area contributed by atoms with Gasteiger partial charge >= 0.3 is 0 Å². The quantitative estimate of drug-likeness (QED) is 0.593.